The van der Waals surface area contributed by atoms with Gasteiger partial charge in [0.2, 0.25) is 0 Å². The summed E-state index contributed by atoms with van der Waals surface area (Å²) >= 11 is 0. The van der Waals surface area contributed by atoms with Gasteiger partial charge in [-0.25, -0.2) is 9.48 Å². The third-order valence-electron chi connectivity index (χ3n) is 4.95. The van der Waals surface area contributed by atoms with Crippen molar-refractivity contribution in [2.24, 2.45) is 0 Å². The predicted octanol–water partition coefficient (Wildman–Crippen LogP) is 3.69. The van der Waals surface area contributed by atoms with E-state index in [9.17, 15) is 19.6 Å². The Morgan fingerprint density at radius 3 is 2.60 bits per heavy atom. The van der Waals surface area contributed by atoms with Gasteiger partial charge >= 0.3 is 5.97 Å². The molecule has 0 saturated carbocycles. The largest absolute Gasteiger partial charge is 0.459 e. The number of nitriles is 1. The number of esters is 1. The molecule has 0 spiro atoms. The maximum absolute atomic E-state index is 12.5. The highest BCUT2D eigenvalue weighted by Crippen LogP contribution is 2.21. The number of nitrogens with zero attached hydrogens (tertiary/aromatic N) is 3. The number of hydrogen-bond donors (Lipinski definition) is 2. The van der Waals surface area contributed by atoms with E-state index in [4.69, 9.17) is 9.15 Å². The van der Waals surface area contributed by atoms with E-state index in [0.29, 0.717) is 11.4 Å². The number of benzene rings is 2. The van der Waals surface area contributed by atoms with Crippen molar-refractivity contribution < 1.29 is 23.5 Å². The molecule has 2 heterocycles. The first kappa shape index (κ1) is 23.0. The lowest BCUT2D eigenvalue weighted by molar-refractivity contribution is -0.119. The van der Waals surface area contributed by atoms with Crippen molar-refractivity contribution in [1.82, 2.24) is 9.78 Å². The summed E-state index contributed by atoms with van der Waals surface area (Å²) in [6, 6.07) is 18.7. The van der Waals surface area contributed by atoms with Crippen molar-refractivity contribution in [3.63, 3.8) is 0 Å². The molecule has 0 atom stereocenters. The number of furan rings is 1. The maximum atomic E-state index is 12.5. The van der Waals surface area contributed by atoms with Crippen LogP contribution in [0.1, 0.15) is 32.0 Å². The van der Waals surface area contributed by atoms with Crippen LogP contribution in [-0.2, 0) is 9.53 Å². The zero-order chi connectivity index (χ0) is 24.8. The fraction of sp³-hybridized carbons (Fsp3) is 0.0800. The Kier molecular flexibility index (Phi) is 6.69. The van der Waals surface area contributed by atoms with Gasteiger partial charge in [0, 0.05) is 5.69 Å². The third kappa shape index (κ3) is 5.26. The van der Waals surface area contributed by atoms with Crippen LogP contribution >= 0.6 is 0 Å². The molecule has 0 radical (unpaired) electrons. The van der Waals surface area contributed by atoms with Gasteiger partial charge in [0.1, 0.15) is 11.6 Å². The Labute approximate surface area is 199 Å². The Hall–Kier alpha value is -5.17. The van der Waals surface area contributed by atoms with E-state index in [0.717, 1.165) is 5.56 Å². The predicted molar refractivity (Wildman–Crippen MR) is 125 cm³/mol. The van der Waals surface area contributed by atoms with E-state index >= 15 is 0 Å². The average molecular weight is 469 g/mol. The van der Waals surface area contributed by atoms with Crippen LogP contribution in [0.4, 0.5) is 11.5 Å². The fourth-order valence-corrected chi connectivity index (χ4v) is 3.17. The monoisotopic (exact) mass is 469 g/mol. The molecule has 2 amide bonds. The number of amides is 2. The minimum Gasteiger partial charge on any atom is -0.459 e. The van der Waals surface area contributed by atoms with E-state index < -0.39 is 24.4 Å². The highest BCUT2D eigenvalue weighted by Gasteiger charge is 2.18. The van der Waals surface area contributed by atoms with Crippen molar-refractivity contribution in [1.29, 1.82) is 5.26 Å². The van der Waals surface area contributed by atoms with Gasteiger partial charge in [-0.1, -0.05) is 24.3 Å². The van der Waals surface area contributed by atoms with Gasteiger partial charge in [0.05, 0.1) is 23.7 Å². The molecular formula is C25H19N5O5. The molecule has 174 valence electrons. The first-order valence-corrected chi connectivity index (χ1v) is 10.4. The van der Waals surface area contributed by atoms with Crippen LogP contribution < -0.4 is 10.6 Å². The first-order valence-electron chi connectivity index (χ1n) is 10.4. The molecule has 35 heavy (non-hydrogen) atoms. The number of hydrogen-bond acceptors (Lipinski definition) is 7. The molecule has 2 N–H and O–H groups in total. The lowest BCUT2D eigenvalue weighted by atomic mass is 10.1. The molecule has 2 aromatic heterocycles. The molecule has 0 aliphatic heterocycles. The summed E-state index contributed by atoms with van der Waals surface area (Å²) in [5.41, 5.74) is 2.06. The summed E-state index contributed by atoms with van der Waals surface area (Å²) in [5, 5.41) is 18.7. The van der Waals surface area contributed by atoms with Gasteiger partial charge in [0.25, 0.3) is 11.8 Å². The summed E-state index contributed by atoms with van der Waals surface area (Å²) in [4.78, 5) is 37.3. The molecule has 10 heteroatoms. The van der Waals surface area contributed by atoms with E-state index in [-0.39, 0.29) is 22.7 Å². The highest BCUT2D eigenvalue weighted by atomic mass is 16.5. The van der Waals surface area contributed by atoms with Crippen molar-refractivity contribution >= 4 is 29.3 Å². The van der Waals surface area contributed by atoms with Crippen LogP contribution in [0.25, 0.3) is 5.69 Å². The standard InChI is InChI=1S/C25H19N5O5/c1-16-9-10-17(12-20(16)28-24(32)21-8-5-11-34-21)25(33)35-15-22(31)29-23-18(13-26)14-27-30(23)19-6-3-2-4-7-19/h2-12,14H,15H2,1H3,(H,28,32)(H,29,31). The number of rotatable bonds is 7. The molecule has 10 nitrogen and oxygen atoms in total. The molecule has 0 aliphatic carbocycles. The van der Waals surface area contributed by atoms with Gasteiger partial charge in [-0.05, 0) is 48.9 Å². The second-order valence-electron chi connectivity index (χ2n) is 7.35. The van der Waals surface area contributed by atoms with Crippen molar-refractivity contribution in [2.75, 3.05) is 17.2 Å². The molecule has 0 fully saturated rings. The zero-order valence-corrected chi connectivity index (χ0v) is 18.5. The molecule has 0 unspecified atom stereocenters. The molecule has 0 saturated heterocycles. The number of aryl methyl sites for hydroxylation is 1. The van der Waals surface area contributed by atoms with Crippen LogP contribution in [0, 0.1) is 18.3 Å². The molecule has 2 aromatic carbocycles. The summed E-state index contributed by atoms with van der Waals surface area (Å²) in [5.74, 6) is -1.58. The van der Waals surface area contributed by atoms with Crippen molar-refractivity contribution in [3.05, 3.63) is 95.6 Å². The number of aromatic nitrogens is 2. The summed E-state index contributed by atoms with van der Waals surface area (Å²) in [6.07, 6.45) is 2.71. The van der Waals surface area contributed by atoms with E-state index in [1.165, 1.54) is 35.3 Å². The lowest BCUT2D eigenvalue weighted by Crippen LogP contribution is -2.23. The molecule has 0 aliphatic rings. The second kappa shape index (κ2) is 10.2. The van der Waals surface area contributed by atoms with Crippen LogP contribution in [0.2, 0.25) is 0 Å². The van der Waals surface area contributed by atoms with Gasteiger partial charge in [-0.3, -0.25) is 9.59 Å². The highest BCUT2D eigenvalue weighted by molar-refractivity contribution is 6.03. The summed E-state index contributed by atoms with van der Waals surface area (Å²) in [6.45, 7) is 1.18. The van der Waals surface area contributed by atoms with E-state index in [1.807, 2.05) is 12.1 Å². The van der Waals surface area contributed by atoms with Crippen LogP contribution in [0.5, 0.6) is 0 Å². The Morgan fingerprint density at radius 1 is 1.09 bits per heavy atom. The lowest BCUT2D eigenvalue weighted by Gasteiger charge is -2.11. The van der Waals surface area contributed by atoms with E-state index in [2.05, 4.69) is 15.7 Å². The van der Waals surface area contributed by atoms with E-state index in [1.54, 1.807) is 43.3 Å². The second-order valence-corrected chi connectivity index (χ2v) is 7.35. The van der Waals surface area contributed by atoms with Crippen LogP contribution in [-0.4, -0.2) is 34.2 Å². The van der Waals surface area contributed by atoms with Crippen molar-refractivity contribution in [3.8, 4) is 11.8 Å². The number of anilines is 2. The number of ether oxygens (including phenoxy) is 1. The van der Waals surface area contributed by atoms with Crippen LogP contribution in [0.15, 0.2) is 77.5 Å². The van der Waals surface area contributed by atoms with Crippen molar-refractivity contribution in [2.45, 2.75) is 6.92 Å². The molecular weight excluding hydrogens is 450 g/mol. The van der Waals surface area contributed by atoms with Crippen LogP contribution in [0.3, 0.4) is 0 Å². The minimum atomic E-state index is -0.759. The number of nitrogens with one attached hydrogen (secondary N) is 2. The Morgan fingerprint density at radius 2 is 1.89 bits per heavy atom. The zero-order valence-electron chi connectivity index (χ0n) is 18.5. The number of carbonyl (C=O) groups excluding carboxylic acids is 3. The number of carbonyl (C=O) groups is 3. The van der Waals surface area contributed by atoms with Gasteiger partial charge < -0.3 is 19.8 Å². The van der Waals surface area contributed by atoms with Gasteiger partial charge in [-0.15, -0.1) is 0 Å². The SMILES string of the molecule is Cc1ccc(C(=O)OCC(=O)Nc2c(C#N)cnn2-c2ccccc2)cc1NC(=O)c1ccco1. The van der Waals surface area contributed by atoms with Gasteiger partial charge in [0.15, 0.2) is 18.2 Å². The fourth-order valence-electron chi connectivity index (χ4n) is 3.17. The minimum absolute atomic E-state index is 0.125. The summed E-state index contributed by atoms with van der Waals surface area (Å²) < 4.78 is 11.6. The van der Waals surface area contributed by atoms with Gasteiger partial charge in [-0.2, -0.15) is 10.4 Å². The Balaban J connectivity index is 1.41. The topological polar surface area (TPSA) is 139 Å². The number of para-hydroxylation sites is 1. The molecule has 4 rings (SSSR count). The Bertz CT molecular complexity index is 1420. The summed E-state index contributed by atoms with van der Waals surface area (Å²) in [7, 11) is 0. The third-order valence-corrected chi connectivity index (χ3v) is 4.95. The smallest absolute Gasteiger partial charge is 0.338 e. The quantitative estimate of drug-likeness (QED) is 0.394. The first-order chi connectivity index (χ1) is 17.0. The molecule has 0 bridgehead atoms. The maximum Gasteiger partial charge on any atom is 0.338 e. The normalized spacial score (nSPS) is 10.3. The average Bonchev–Trinajstić information content (AvgIpc) is 3.55. The molecule has 4 aromatic rings.